The van der Waals surface area contributed by atoms with Gasteiger partial charge < -0.3 is 5.73 Å². The first-order chi connectivity index (χ1) is 8.11. The summed E-state index contributed by atoms with van der Waals surface area (Å²) >= 11 is 5.90. The molecule has 0 radical (unpaired) electrons. The molecule has 5 heteroatoms. The van der Waals surface area contributed by atoms with E-state index in [1.165, 1.54) is 0 Å². The van der Waals surface area contributed by atoms with Crippen LogP contribution in [-0.4, -0.2) is 9.78 Å². The maximum atomic E-state index is 13.9. The minimum atomic E-state index is -0.265. The van der Waals surface area contributed by atoms with Gasteiger partial charge in [0.2, 0.25) is 0 Å². The van der Waals surface area contributed by atoms with Crippen molar-refractivity contribution in [3.63, 3.8) is 0 Å². The molecule has 0 unspecified atom stereocenters. The monoisotopic (exact) mass is 253 g/mol. The van der Waals surface area contributed by atoms with E-state index in [-0.39, 0.29) is 12.4 Å². The first-order valence-corrected chi connectivity index (χ1v) is 5.65. The molecule has 1 heterocycles. The molecule has 2 N–H and O–H groups in total. The molecule has 2 rings (SSSR count). The van der Waals surface area contributed by atoms with Gasteiger partial charge in [-0.1, -0.05) is 29.8 Å². The van der Waals surface area contributed by atoms with E-state index in [0.29, 0.717) is 22.7 Å². The van der Waals surface area contributed by atoms with Gasteiger partial charge in [-0.2, -0.15) is 5.10 Å². The van der Waals surface area contributed by atoms with Crippen LogP contribution >= 0.6 is 11.6 Å². The van der Waals surface area contributed by atoms with Crippen LogP contribution in [0.4, 0.5) is 4.39 Å². The summed E-state index contributed by atoms with van der Waals surface area (Å²) in [6.07, 6.45) is 1.69. The Balaban J connectivity index is 2.30. The highest BCUT2D eigenvalue weighted by Crippen LogP contribution is 2.16. The molecule has 1 aromatic carbocycles. The summed E-state index contributed by atoms with van der Waals surface area (Å²) in [5.41, 5.74) is 7.27. The summed E-state index contributed by atoms with van der Waals surface area (Å²) in [6, 6.07) is 5.19. The van der Waals surface area contributed by atoms with Crippen LogP contribution < -0.4 is 5.73 Å². The van der Waals surface area contributed by atoms with Crippen molar-refractivity contribution in [3.8, 4) is 0 Å². The number of rotatable bonds is 3. The normalized spacial score (nSPS) is 10.8. The zero-order valence-corrected chi connectivity index (χ0v) is 10.2. The Labute approximate surface area is 104 Å². The first-order valence-electron chi connectivity index (χ1n) is 5.27. The fraction of sp³-hybridized carbons (Fsp3) is 0.250. The van der Waals surface area contributed by atoms with E-state index in [2.05, 4.69) is 5.10 Å². The van der Waals surface area contributed by atoms with Gasteiger partial charge in [-0.25, -0.2) is 4.39 Å². The van der Waals surface area contributed by atoms with Gasteiger partial charge in [0, 0.05) is 23.9 Å². The standard InChI is InChI=1S/C12H13ClFN3/c1-8-11(13)7-17(16-8)6-10-4-2-3-9(5-15)12(10)14/h2-4,7H,5-6,15H2,1H3. The highest BCUT2D eigenvalue weighted by atomic mass is 35.5. The first kappa shape index (κ1) is 12.1. The molecular weight excluding hydrogens is 241 g/mol. The van der Waals surface area contributed by atoms with Crippen molar-refractivity contribution < 1.29 is 4.39 Å². The predicted octanol–water partition coefficient (Wildman–Crippen LogP) is 2.49. The lowest BCUT2D eigenvalue weighted by atomic mass is 10.1. The molecule has 0 fully saturated rings. The van der Waals surface area contributed by atoms with Crippen LogP contribution in [0.2, 0.25) is 5.02 Å². The Kier molecular flexibility index (Phi) is 3.45. The van der Waals surface area contributed by atoms with Crippen molar-refractivity contribution in [1.29, 1.82) is 0 Å². The molecule has 3 nitrogen and oxygen atoms in total. The number of nitrogens with two attached hydrogens (primary N) is 1. The van der Waals surface area contributed by atoms with Gasteiger partial charge in [-0.05, 0) is 6.92 Å². The van der Waals surface area contributed by atoms with Crippen LogP contribution in [0.25, 0.3) is 0 Å². The molecule has 0 bridgehead atoms. The summed E-state index contributed by atoms with van der Waals surface area (Å²) in [5.74, 6) is -0.265. The van der Waals surface area contributed by atoms with E-state index >= 15 is 0 Å². The van der Waals surface area contributed by atoms with E-state index in [0.717, 1.165) is 5.69 Å². The van der Waals surface area contributed by atoms with Gasteiger partial charge in [-0.15, -0.1) is 0 Å². The topological polar surface area (TPSA) is 43.8 Å². The molecule has 0 aliphatic heterocycles. The van der Waals surface area contributed by atoms with Gasteiger partial charge in [0.1, 0.15) is 5.82 Å². The second-order valence-electron chi connectivity index (χ2n) is 3.85. The Bertz CT molecular complexity index is 517. The molecule has 0 saturated heterocycles. The van der Waals surface area contributed by atoms with Gasteiger partial charge >= 0.3 is 0 Å². The minimum Gasteiger partial charge on any atom is -0.326 e. The number of benzene rings is 1. The van der Waals surface area contributed by atoms with Crippen molar-refractivity contribution >= 4 is 11.6 Å². The molecule has 0 aliphatic carbocycles. The maximum absolute atomic E-state index is 13.9. The van der Waals surface area contributed by atoms with Gasteiger partial charge in [0.05, 0.1) is 17.3 Å². The molecule has 17 heavy (non-hydrogen) atoms. The maximum Gasteiger partial charge on any atom is 0.132 e. The molecule has 0 spiro atoms. The van der Waals surface area contributed by atoms with E-state index in [4.69, 9.17) is 17.3 Å². The van der Waals surface area contributed by atoms with Crippen LogP contribution in [0.3, 0.4) is 0 Å². The smallest absolute Gasteiger partial charge is 0.132 e. The molecule has 1 aromatic heterocycles. The Morgan fingerprint density at radius 3 is 2.71 bits per heavy atom. The van der Waals surface area contributed by atoms with Crippen LogP contribution in [0, 0.1) is 12.7 Å². The quantitative estimate of drug-likeness (QED) is 0.913. The largest absolute Gasteiger partial charge is 0.326 e. The summed E-state index contributed by atoms with van der Waals surface area (Å²) in [6.45, 7) is 2.36. The number of hydrogen-bond acceptors (Lipinski definition) is 2. The van der Waals surface area contributed by atoms with Crippen LogP contribution in [0.1, 0.15) is 16.8 Å². The molecule has 2 aromatic rings. The summed E-state index contributed by atoms with van der Waals surface area (Å²) in [7, 11) is 0. The molecule has 0 amide bonds. The summed E-state index contributed by atoms with van der Waals surface area (Å²) in [4.78, 5) is 0. The number of aromatic nitrogens is 2. The van der Waals surface area contributed by atoms with E-state index in [1.807, 2.05) is 6.92 Å². The average molecular weight is 254 g/mol. The number of nitrogens with zero attached hydrogens (tertiary/aromatic N) is 2. The van der Waals surface area contributed by atoms with E-state index < -0.39 is 0 Å². The molecular formula is C12H13ClFN3. The Morgan fingerprint density at radius 2 is 2.12 bits per heavy atom. The number of halogens is 2. The van der Waals surface area contributed by atoms with Crippen molar-refractivity contribution in [1.82, 2.24) is 9.78 Å². The third kappa shape index (κ3) is 2.48. The fourth-order valence-electron chi connectivity index (χ4n) is 1.66. The van der Waals surface area contributed by atoms with Crippen LogP contribution in [-0.2, 0) is 13.1 Å². The molecule has 90 valence electrons. The van der Waals surface area contributed by atoms with Gasteiger partial charge in [-0.3, -0.25) is 4.68 Å². The zero-order valence-electron chi connectivity index (χ0n) is 9.45. The molecule has 0 saturated carbocycles. The zero-order chi connectivity index (χ0) is 12.4. The fourth-order valence-corrected chi connectivity index (χ4v) is 1.81. The Morgan fingerprint density at radius 1 is 1.41 bits per heavy atom. The lowest BCUT2D eigenvalue weighted by Gasteiger charge is -2.06. The van der Waals surface area contributed by atoms with E-state index in [9.17, 15) is 4.39 Å². The van der Waals surface area contributed by atoms with Crippen LogP contribution in [0.5, 0.6) is 0 Å². The highest BCUT2D eigenvalue weighted by molar-refractivity contribution is 6.31. The Hall–Kier alpha value is -1.39. The summed E-state index contributed by atoms with van der Waals surface area (Å²) < 4.78 is 15.5. The average Bonchev–Trinajstić information content (AvgIpc) is 2.61. The van der Waals surface area contributed by atoms with Gasteiger partial charge in [0.25, 0.3) is 0 Å². The van der Waals surface area contributed by atoms with E-state index in [1.54, 1.807) is 29.1 Å². The predicted molar refractivity (Wildman–Crippen MR) is 65.4 cm³/mol. The van der Waals surface area contributed by atoms with Crippen molar-refractivity contribution in [3.05, 3.63) is 52.1 Å². The van der Waals surface area contributed by atoms with Crippen molar-refractivity contribution in [2.45, 2.75) is 20.0 Å². The van der Waals surface area contributed by atoms with Crippen molar-refractivity contribution in [2.24, 2.45) is 5.73 Å². The number of hydrogen-bond donors (Lipinski definition) is 1. The second-order valence-corrected chi connectivity index (χ2v) is 4.26. The lowest BCUT2D eigenvalue weighted by Crippen LogP contribution is -2.07. The SMILES string of the molecule is Cc1nn(Cc2cccc(CN)c2F)cc1Cl. The number of aryl methyl sites for hydroxylation is 1. The highest BCUT2D eigenvalue weighted by Gasteiger charge is 2.09. The molecule has 0 aliphatic rings. The molecule has 0 atom stereocenters. The lowest BCUT2D eigenvalue weighted by molar-refractivity contribution is 0.571. The third-order valence-corrected chi connectivity index (χ3v) is 2.97. The summed E-state index contributed by atoms with van der Waals surface area (Å²) in [5, 5.41) is 4.77. The van der Waals surface area contributed by atoms with Crippen LogP contribution in [0.15, 0.2) is 24.4 Å². The van der Waals surface area contributed by atoms with Gasteiger partial charge in [0.15, 0.2) is 0 Å². The second kappa shape index (κ2) is 4.85. The third-order valence-electron chi connectivity index (χ3n) is 2.60. The van der Waals surface area contributed by atoms with Crippen molar-refractivity contribution in [2.75, 3.05) is 0 Å². The minimum absolute atomic E-state index is 0.193.